The molecule has 3 aromatic rings. The molecule has 26 heavy (non-hydrogen) atoms. The van der Waals surface area contributed by atoms with Crippen LogP contribution in [0.3, 0.4) is 0 Å². The first-order valence-corrected chi connectivity index (χ1v) is 9.28. The van der Waals surface area contributed by atoms with Gasteiger partial charge in [-0.15, -0.1) is 0 Å². The number of likely N-dealkylation sites (tertiary alicyclic amines) is 1. The summed E-state index contributed by atoms with van der Waals surface area (Å²) in [7, 11) is 0. The molecule has 0 saturated carbocycles. The lowest BCUT2D eigenvalue weighted by molar-refractivity contribution is 0.337. The van der Waals surface area contributed by atoms with Crippen LogP contribution in [0.15, 0.2) is 36.7 Å². The van der Waals surface area contributed by atoms with Crippen molar-refractivity contribution in [1.29, 1.82) is 0 Å². The molecule has 0 aliphatic carbocycles. The van der Waals surface area contributed by atoms with E-state index in [1.807, 2.05) is 18.2 Å². The fourth-order valence-electron chi connectivity index (χ4n) is 3.54. The first-order valence-electron chi connectivity index (χ1n) is 9.28. The van der Waals surface area contributed by atoms with Gasteiger partial charge in [-0.25, -0.2) is 4.98 Å². The predicted molar refractivity (Wildman–Crippen MR) is 104 cm³/mol. The molecular weight excluding hydrogens is 326 g/mol. The Kier molecular flexibility index (Phi) is 4.97. The third kappa shape index (κ3) is 3.77. The lowest BCUT2D eigenvalue weighted by Crippen LogP contribution is -2.22. The minimum absolute atomic E-state index is 0.254. The molecule has 0 bridgehead atoms. The molecule has 1 fully saturated rings. The van der Waals surface area contributed by atoms with Gasteiger partial charge in [0.1, 0.15) is 5.52 Å². The maximum atomic E-state index is 5.87. The molecule has 3 N–H and O–H groups in total. The second-order valence-corrected chi connectivity index (χ2v) is 6.79. The fourth-order valence-corrected chi connectivity index (χ4v) is 3.54. The third-order valence-corrected chi connectivity index (χ3v) is 4.83. The molecule has 0 radical (unpaired) electrons. The van der Waals surface area contributed by atoms with Crippen molar-refractivity contribution < 1.29 is 0 Å². The average Bonchev–Trinajstić information content (AvgIpc) is 3.30. The summed E-state index contributed by atoms with van der Waals surface area (Å²) in [6.07, 6.45) is 5.55. The van der Waals surface area contributed by atoms with Crippen LogP contribution in [0, 0.1) is 0 Å². The van der Waals surface area contributed by atoms with E-state index in [2.05, 4.69) is 41.9 Å². The maximum Gasteiger partial charge on any atom is 0.224 e. The van der Waals surface area contributed by atoms with Gasteiger partial charge >= 0.3 is 0 Å². The highest BCUT2D eigenvalue weighted by molar-refractivity contribution is 5.84. The minimum atomic E-state index is 0.254. The Labute approximate surface area is 153 Å². The van der Waals surface area contributed by atoms with E-state index in [4.69, 9.17) is 5.73 Å². The van der Waals surface area contributed by atoms with Crippen molar-refractivity contribution in [2.24, 2.45) is 0 Å². The van der Waals surface area contributed by atoms with Crippen molar-refractivity contribution >= 4 is 22.9 Å². The Hall–Kier alpha value is -2.67. The van der Waals surface area contributed by atoms with Crippen molar-refractivity contribution in [2.75, 3.05) is 37.2 Å². The zero-order valence-electron chi connectivity index (χ0n) is 14.9. The SMILES string of the molecule is Nc1nc(NCCCN2CCCC2)c2c(ncn2Cc2ccccc2)n1. The Morgan fingerprint density at radius 1 is 1.08 bits per heavy atom. The van der Waals surface area contributed by atoms with E-state index in [1.54, 1.807) is 6.33 Å². The summed E-state index contributed by atoms with van der Waals surface area (Å²) >= 11 is 0. The molecule has 1 saturated heterocycles. The van der Waals surface area contributed by atoms with E-state index in [-0.39, 0.29) is 5.95 Å². The van der Waals surface area contributed by atoms with Crippen molar-refractivity contribution in [2.45, 2.75) is 25.8 Å². The minimum Gasteiger partial charge on any atom is -0.368 e. The van der Waals surface area contributed by atoms with Gasteiger partial charge in [0.05, 0.1) is 6.33 Å². The van der Waals surface area contributed by atoms with Gasteiger partial charge in [-0.1, -0.05) is 30.3 Å². The molecule has 7 heteroatoms. The summed E-state index contributed by atoms with van der Waals surface area (Å²) in [5, 5.41) is 3.45. The van der Waals surface area contributed by atoms with E-state index >= 15 is 0 Å². The van der Waals surface area contributed by atoms with Gasteiger partial charge in [-0.05, 0) is 44.5 Å². The molecule has 0 amide bonds. The summed E-state index contributed by atoms with van der Waals surface area (Å²) in [6, 6.07) is 10.3. The molecule has 1 aromatic carbocycles. The lowest BCUT2D eigenvalue weighted by atomic mass is 10.2. The van der Waals surface area contributed by atoms with Crippen molar-refractivity contribution in [3.63, 3.8) is 0 Å². The van der Waals surface area contributed by atoms with Gasteiger partial charge in [0, 0.05) is 13.1 Å². The number of aromatic nitrogens is 4. The zero-order chi connectivity index (χ0) is 17.8. The number of rotatable bonds is 7. The van der Waals surface area contributed by atoms with Crippen LogP contribution in [0.25, 0.3) is 11.2 Å². The van der Waals surface area contributed by atoms with Gasteiger partial charge in [-0.3, -0.25) is 0 Å². The molecule has 7 nitrogen and oxygen atoms in total. The van der Waals surface area contributed by atoms with E-state index in [0.717, 1.165) is 37.4 Å². The molecule has 1 aliphatic heterocycles. The van der Waals surface area contributed by atoms with Crippen molar-refractivity contribution in [3.05, 3.63) is 42.2 Å². The van der Waals surface area contributed by atoms with Crippen LogP contribution < -0.4 is 11.1 Å². The molecule has 0 unspecified atom stereocenters. The molecule has 1 aliphatic rings. The quantitative estimate of drug-likeness (QED) is 0.636. The van der Waals surface area contributed by atoms with Crippen LogP contribution in [-0.4, -0.2) is 50.6 Å². The number of benzene rings is 1. The van der Waals surface area contributed by atoms with Gasteiger partial charge < -0.3 is 20.5 Å². The summed E-state index contributed by atoms with van der Waals surface area (Å²) in [5.41, 5.74) is 8.62. The zero-order valence-corrected chi connectivity index (χ0v) is 14.9. The number of hydrogen-bond donors (Lipinski definition) is 2. The number of nitrogens with zero attached hydrogens (tertiary/aromatic N) is 5. The van der Waals surface area contributed by atoms with E-state index in [9.17, 15) is 0 Å². The van der Waals surface area contributed by atoms with Gasteiger partial charge in [0.15, 0.2) is 11.5 Å². The second-order valence-electron chi connectivity index (χ2n) is 6.79. The molecule has 0 atom stereocenters. The van der Waals surface area contributed by atoms with Crippen LogP contribution in [0.1, 0.15) is 24.8 Å². The second kappa shape index (κ2) is 7.70. The van der Waals surface area contributed by atoms with Crippen LogP contribution in [-0.2, 0) is 6.54 Å². The third-order valence-electron chi connectivity index (χ3n) is 4.83. The summed E-state index contributed by atoms with van der Waals surface area (Å²) < 4.78 is 2.08. The van der Waals surface area contributed by atoms with E-state index in [1.165, 1.54) is 31.5 Å². The standard InChI is InChI=1S/C19H25N7/c20-19-23-17(21-9-6-12-25-10-4-5-11-25)16-18(24-19)22-14-26(16)13-15-7-2-1-3-8-15/h1-3,7-8,14H,4-6,9-13H2,(H3,20,21,23,24). The number of nitrogens with one attached hydrogen (secondary N) is 1. The van der Waals surface area contributed by atoms with Crippen LogP contribution in [0.4, 0.5) is 11.8 Å². The normalized spacial score (nSPS) is 14.9. The van der Waals surface area contributed by atoms with Crippen molar-refractivity contribution in [3.8, 4) is 0 Å². The lowest BCUT2D eigenvalue weighted by Gasteiger charge is -2.15. The highest BCUT2D eigenvalue weighted by Crippen LogP contribution is 2.21. The highest BCUT2D eigenvalue weighted by Gasteiger charge is 2.14. The first-order chi connectivity index (χ1) is 12.8. The van der Waals surface area contributed by atoms with Gasteiger partial charge in [0.2, 0.25) is 5.95 Å². The molecule has 136 valence electrons. The Balaban J connectivity index is 1.50. The van der Waals surface area contributed by atoms with Gasteiger partial charge in [0.25, 0.3) is 0 Å². The molecule has 2 aromatic heterocycles. The van der Waals surface area contributed by atoms with Gasteiger partial charge in [-0.2, -0.15) is 9.97 Å². The number of anilines is 2. The number of nitrogens with two attached hydrogens (primary N) is 1. The largest absolute Gasteiger partial charge is 0.368 e. The van der Waals surface area contributed by atoms with Crippen LogP contribution >= 0.6 is 0 Å². The Morgan fingerprint density at radius 3 is 2.69 bits per heavy atom. The average molecular weight is 351 g/mol. The van der Waals surface area contributed by atoms with Crippen LogP contribution in [0.5, 0.6) is 0 Å². The maximum absolute atomic E-state index is 5.87. The predicted octanol–water partition coefficient (Wildman–Crippen LogP) is 2.35. The number of hydrogen-bond acceptors (Lipinski definition) is 6. The molecule has 4 rings (SSSR count). The topological polar surface area (TPSA) is 84.9 Å². The summed E-state index contributed by atoms with van der Waals surface area (Å²) in [5.74, 6) is 1.02. The smallest absolute Gasteiger partial charge is 0.224 e. The Bertz CT molecular complexity index is 853. The Morgan fingerprint density at radius 2 is 1.88 bits per heavy atom. The summed E-state index contributed by atoms with van der Waals surface area (Å²) in [4.78, 5) is 15.6. The van der Waals surface area contributed by atoms with Crippen molar-refractivity contribution in [1.82, 2.24) is 24.4 Å². The first kappa shape index (κ1) is 16.8. The summed E-state index contributed by atoms with van der Waals surface area (Å²) in [6.45, 7) is 5.18. The highest BCUT2D eigenvalue weighted by atomic mass is 15.2. The molecule has 0 spiro atoms. The van der Waals surface area contributed by atoms with E-state index in [0.29, 0.717) is 5.65 Å². The van der Waals surface area contributed by atoms with E-state index < -0.39 is 0 Å². The number of nitrogen functional groups attached to an aromatic ring is 1. The monoisotopic (exact) mass is 351 g/mol. The number of fused-ring (bicyclic) bond motifs is 1. The molecule has 3 heterocycles. The fraction of sp³-hybridized carbons (Fsp3) is 0.421. The van der Waals surface area contributed by atoms with Crippen LogP contribution in [0.2, 0.25) is 0 Å². The molecular formula is C19H25N7. The number of imidazole rings is 1.